The molecule has 0 radical (unpaired) electrons. The van der Waals surface area contributed by atoms with E-state index in [1.54, 1.807) is 23.3 Å². The van der Waals surface area contributed by atoms with Crippen LogP contribution in [0.25, 0.3) is 5.82 Å². The SMILES string of the molecule is CC(CO)(NC(=O)NCc1ccnc(-n2ccnc2)c1)C1CC1. The van der Waals surface area contributed by atoms with Gasteiger partial charge in [-0.15, -0.1) is 0 Å². The number of nitrogens with zero attached hydrogens (tertiary/aromatic N) is 3. The molecule has 1 aliphatic rings. The molecule has 0 spiro atoms. The van der Waals surface area contributed by atoms with Gasteiger partial charge in [0.1, 0.15) is 12.1 Å². The number of carbonyl (C=O) groups is 1. The van der Waals surface area contributed by atoms with Crippen molar-refractivity contribution < 1.29 is 9.90 Å². The molecule has 3 rings (SSSR count). The maximum absolute atomic E-state index is 12.1. The number of hydrogen-bond acceptors (Lipinski definition) is 4. The largest absolute Gasteiger partial charge is 0.394 e. The molecule has 7 heteroatoms. The minimum atomic E-state index is -0.537. The lowest BCUT2D eigenvalue weighted by Crippen LogP contribution is -2.53. The van der Waals surface area contributed by atoms with Crippen LogP contribution in [-0.2, 0) is 6.54 Å². The van der Waals surface area contributed by atoms with Gasteiger partial charge < -0.3 is 15.7 Å². The van der Waals surface area contributed by atoms with Crippen LogP contribution in [0, 0.1) is 5.92 Å². The Morgan fingerprint density at radius 2 is 2.30 bits per heavy atom. The molecule has 1 saturated carbocycles. The fourth-order valence-electron chi connectivity index (χ4n) is 2.58. The molecule has 0 aliphatic heterocycles. The third kappa shape index (κ3) is 3.68. The topological polar surface area (TPSA) is 92.1 Å². The quantitative estimate of drug-likeness (QED) is 0.747. The van der Waals surface area contributed by atoms with Crippen molar-refractivity contribution in [3.05, 3.63) is 42.6 Å². The van der Waals surface area contributed by atoms with Gasteiger partial charge in [0.2, 0.25) is 0 Å². The minimum Gasteiger partial charge on any atom is -0.394 e. The summed E-state index contributed by atoms with van der Waals surface area (Å²) < 4.78 is 1.81. The molecular formula is C16H21N5O2. The van der Waals surface area contributed by atoms with E-state index >= 15 is 0 Å². The Morgan fingerprint density at radius 3 is 2.96 bits per heavy atom. The van der Waals surface area contributed by atoms with Crippen LogP contribution in [0.15, 0.2) is 37.1 Å². The van der Waals surface area contributed by atoms with Crippen LogP contribution < -0.4 is 10.6 Å². The van der Waals surface area contributed by atoms with Crippen molar-refractivity contribution in [1.82, 2.24) is 25.2 Å². The van der Waals surface area contributed by atoms with Gasteiger partial charge in [0.25, 0.3) is 0 Å². The Labute approximate surface area is 134 Å². The lowest BCUT2D eigenvalue weighted by atomic mass is 9.97. The lowest BCUT2D eigenvalue weighted by Gasteiger charge is -2.28. The normalized spacial score (nSPS) is 16.6. The first-order valence-corrected chi connectivity index (χ1v) is 7.71. The first kappa shape index (κ1) is 15.5. The average molecular weight is 315 g/mol. The van der Waals surface area contributed by atoms with Gasteiger partial charge in [-0.05, 0) is 43.4 Å². The number of aliphatic hydroxyl groups is 1. The van der Waals surface area contributed by atoms with E-state index in [9.17, 15) is 9.90 Å². The van der Waals surface area contributed by atoms with Crippen molar-refractivity contribution in [3.63, 3.8) is 0 Å². The third-order valence-corrected chi connectivity index (χ3v) is 4.24. The molecule has 1 unspecified atom stereocenters. The fourth-order valence-corrected chi connectivity index (χ4v) is 2.58. The monoisotopic (exact) mass is 315 g/mol. The van der Waals surface area contributed by atoms with Gasteiger partial charge in [-0.1, -0.05) is 0 Å². The molecule has 0 aromatic carbocycles. The van der Waals surface area contributed by atoms with Gasteiger partial charge >= 0.3 is 6.03 Å². The van der Waals surface area contributed by atoms with Crippen molar-refractivity contribution >= 4 is 6.03 Å². The van der Waals surface area contributed by atoms with Gasteiger partial charge in [0.15, 0.2) is 0 Å². The Hall–Kier alpha value is -2.41. The molecule has 1 fully saturated rings. The van der Waals surface area contributed by atoms with E-state index < -0.39 is 5.54 Å². The molecule has 3 N–H and O–H groups in total. The molecule has 2 aromatic heterocycles. The summed E-state index contributed by atoms with van der Waals surface area (Å²) in [5, 5.41) is 15.2. The number of rotatable bonds is 6. The molecular weight excluding hydrogens is 294 g/mol. The molecule has 1 aliphatic carbocycles. The molecule has 0 bridgehead atoms. The Bertz CT molecular complexity index is 669. The number of carbonyl (C=O) groups excluding carboxylic acids is 1. The molecule has 7 nitrogen and oxygen atoms in total. The summed E-state index contributed by atoms with van der Waals surface area (Å²) in [6.45, 7) is 2.22. The number of urea groups is 1. The Balaban J connectivity index is 1.58. The van der Waals surface area contributed by atoms with E-state index in [0.29, 0.717) is 12.5 Å². The van der Waals surface area contributed by atoms with Crippen LogP contribution in [-0.4, -0.2) is 37.8 Å². The second-order valence-electron chi connectivity index (χ2n) is 6.15. The maximum atomic E-state index is 12.1. The second-order valence-corrected chi connectivity index (χ2v) is 6.15. The number of nitrogens with one attached hydrogen (secondary N) is 2. The molecule has 122 valence electrons. The third-order valence-electron chi connectivity index (χ3n) is 4.24. The highest BCUT2D eigenvalue weighted by molar-refractivity contribution is 5.74. The van der Waals surface area contributed by atoms with Crippen molar-refractivity contribution in [2.24, 2.45) is 5.92 Å². The molecule has 23 heavy (non-hydrogen) atoms. The number of amides is 2. The van der Waals surface area contributed by atoms with E-state index in [1.807, 2.05) is 25.3 Å². The van der Waals surface area contributed by atoms with Crippen molar-refractivity contribution in [3.8, 4) is 5.82 Å². The lowest BCUT2D eigenvalue weighted by molar-refractivity contribution is 0.155. The van der Waals surface area contributed by atoms with Gasteiger partial charge in [-0.25, -0.2) is 14.8 Å². The van der Waals surface area contributed by atoms with E-state index in [4.69, 9.17) is 0 Å². The Morgan fingerprint density at radius 1 is 1.48 bits per heavy atom. The summed E-state index contributed by atoms with van der Waals surface area (Å²) in [5.74, 6) is 1.12. The number of imidazole rings is 1. The summed E-state index contributed by atoms with van der Waals surface area (Å²) in [6, 6.07) is 3.48. The maximum Gasteiger partial charge on any atom is 0.315 e. The highest BCUT2D eigenvalue weighted by Crippen LogP contribution is 2.39. The first-order valence-electron chi connectivity index (χ1n) is 7.71. The van der Waals surface area contributed by atoms with Crippen LogP contribution in [0.4, 0.5) is 4.79 Å². The molecule has 2 amide bonds. The zero-order valence-corrected chi connectivity index (χ0v) is 13.1. The van der Waals surface area contributed by atoms with Crippen LogP contribution in [0.3, 0.4) is 0 Å². The van der Waals surface area contributed by atoms with Gasteiger partial charge in [0, 0.05) is 25.1 Å². The van der Waals surface area contributed by atoms with Crippen LogP contribution in [0.5, 0.6) is 0 Å². The number of pyridine rings is 1. The van der Waals surface area contributed by atoms with Gasteiger partial charge in [-0.2, -0.15) is 0 Å². The number of hydrogen-bond donors (Lipinski definition) is 3. The summed E-state index contributed by atoms with van der Waals surface area (Å²) in [7, 11) is 0. The van der Waals surface area contributed by atoms with Crippen molar-refractivity contribution in [2.75, 3.05) is 6.61 Å². The second kappa shape index (κ2) is 6.37. The smallest absolute Gasteiger partial charge is 0.315 e. The van der Waals surface area contributed by atoms with Crippen molar-refractivity contribution in [2.45, 2.75) is 31.8 Å². The van der Waals surface area contributed by atoms with Crippen LogP contribution in [0.1, 0.15) is 25.3 Å². The highest BCUT2D eigenvalue weighted by Gasteiger charge is 2.42. The highest BCUT2D eigenvalue weighted by atomic mass is 16.3. The predicted molar refractivity (Wildman–Crippen MR) is 84.9 cm³/mol. The summed E-state index contributed by atoms with van der Waals surface area (Å²) in [6.07, 6.45) is 8.98. The van der Waals surface area contributed by atoms with Crippen molar-refractivity contribution in [1.29, 1.82) is 0 Å². The minimum absolute atomic E-state index is 0.0505. The Kier molecular flexibility index (Phi) is 4.29. The summed E-state index contributed by atoms with van der Waals surface area (Å²) >= 11 is 0. The number of aromatic nitrogens is 3. The fraction of sp³-hybridized carbons (Fsp3) is 0.438. The van der Waals surface area contributed by atoms with Crippen LogP contribution in [0.2, 0.25) is 0 Å². The summed E-state index contributed by atoms with van der Waals surface area (Å²) in [4.78, 5) is 20.3. The van der Waals surface area contributed by atoms with E-state index in [1.165, 1.54) is 0 Å². The molecule has 2 heterocycles. The van der Waals surface area contributed by atoms with Crippen LogP contribution >= 0.6 is 0 Å². The average Bonchev–Trinajstić information content (AvgIpc) is 3.29. The van der Waals surface area contributed by atoms with E-state index in [-0.39, 0.29) is 12.6 Å². The molecule has 0 saturated heterocycles. The van der Waals surface area contributed by atoms with E-state index in [0.717, 1.165) is 24.2 Å². The molecule has 2 aromatic rings. The number of aliphatic hydroxyl groups excluding tert-OH is 1. The predicted octanol–water partition coefficient (Wildman–Crippen LogP) is 1.23. The summed E-state index contributed by atoms with van der Waals surface area (Å²) in [5.41, 5.74) is 0.403. The zero-order valence-electron chi connectivity index (χ0n) is 13.1. The molecule has 1 atom stereocenters. The van der Waals surface area contributed by atoms with E-state index in [2.05, 4.69) is 20.6 Å². The van der Waals surface area contributed by atoms with Gasteiger partial charge in [0.05, 0.1) is 12.1 Å². The zero-order chi connectivity index (χ0) is 16.3. The first-order chi connectivity index (χ1) is 11.1. The standard InChI is InChI=1S/C16H21N5O2/c1-16(10-22,13-2-3-13)20-15(23)19-9-12-4-5-18-14(8-12)21-7-6-17-11-21/h4-8,11,13,22H,2-3,9-10H2,1H3,(H2,19,20,23). The van der Waals surface area contributed by atoms with Gasteiger partial charge in [-0.3, -0.25) is 4.57 Å².